The van der Waals surface area contributed by atoms with E-state index in [4.69, 9.17) is 28.4 Å². The second-order valence-electron chi connectivity index (χ2n) is 8.04. The molecule has 0 aromatic carbocycles. The smallest absolute Gasteiger partial charge is 0.303 e. The van der Waals surface area contributed by atoms with E-state index >= 15 is 0 Å². The molecular formula is C20H30O14S. The standard InChI is InChI=1S/C20H30O14S/c1-8(21)29-6-13-15(31-9(2)22)16(32-10(3)23)17(33-11(4)24)19(34-13)35-7-20(28)18(27)14(26)12(25)5-30-20/h12-19,25-28H,5-7H2,1-4H3/t12-,13-,14-,15-,16+,17-,18+,19+,20?/m1/s1. The van der Waals surface area contributed by atoms with E-state index in [1.165, 1.54) is 0 Å². The van der Waals surface area contributed by atoms with Crippen molar-refractivity contribution in [1.82, 2.24) is 0 Å². The molecule has 15 heteroatoms. The second-order valence-corrected chi connectivity index (χ2v) is 9.12. The van der Waals surface area contributed by atoms with Gasteiger partial charge >= 0.3 is 23.9 Å². The van der Waals surface area contributed by atoms with E-state index in [0.717, 1.165) is 39.5 Å². The van der Waals surface area contributed by atoms with Gasteiger partial charge in [-0.2, -0.15) is 0 Å². The molecule has 14 nitrogen and oxygen atoms in total. The first-order valence-corrected chi connectivity index (χ1v) is 11.6. The Hall–Kier alpha value is -2.01. The van der Waals surface area contributed by atoms with Crippen LogP contribution in [-0.4, -0.2) is 117 Å². The van der Waals surface area contributed by atoms with Gasteiger partial charge in [-0.05, 0) is 0 Å². The van der Waals surface area contributed by atoms with Gasteiger partial charge in [0.2, 0.25) is 5.79 Å². The number of hydrogen-bond acceptors (Lipinski definition) is 15. The molecule has 2 rings (SSSR count). The van der Waals surface area contributed by atoms with E-state index in [1.54, 1.807) is 0 Å². The topological polar surface area (TPSA) is 205 Å². The molecule has 0 radical (unpaired) electrons. The van der Waals surface area contributed by atoms with Crippen molar-refractivity contribution in [3.8, 4) is 0 Å². The summed E-state index contributed by atoms with van der Waals surface area (Å²) in [6, 6.07) is 0. The van der Waals surface area contributed by atoms with Crippen LogP contribution < -0.4 is 0 Å². The molecule has 2 heterocycles. The Kier molecular flexibility index (Phi) is 10.3. The Morgan fingerprint density at radius 2 is 1.43 bits per heavy atom. The summed E-state index contributed by atoms with van der Waals surface area (Å²) in [5, 5.41) is 40.4. The van der Waals surface area contributed by atoms with E-state index in [2.05, 4.69) is 0 Å². The van der Waals surface area contributed by atoms with Crippen molar-refractivity contribution in [2.45, 2.75) is 81.6 Å². The van der Waals surface area contributed by atoms with Crippen molar-refractivity contribution in [2.24, 2.45) is 0 Å². The fraction of sp³-hybridized carbons (Fsp3) is 0.800. The van der Waals surface area contributed by atoms with Gasteiger partial charge in [0.05, 0.1) is 12.4 Å². The lowest BCUT2D eigenvalue weighted by Gasteiger charge is -2.46. The van der Waals surface area contributed by atoms with Gasteiger partial charge < -0.3 is 48.8 Å². The monoisotopic (exact) mass is 526 g/mol. The van der Waals surface area contributed by atoms with Crippen LogP contribution in [0.4, 0.5) is 0 Å². The van der Waals surface area contributed by atoms with Crippen LogP contribution in [0.3, 0.4) is 0 Å². The van der Waals surface area contributed by atoms with Gasteiger partial charge in [-0.3, -0.25) is 19.2 Å². The molecule has 200 valence electrons. The molecule has 9 atom stereocenters. The van der Waals surface area contributed by atoms with E-state index in [1.807, 2.05) is 0 Å². The summed E-state index contributed by atoms with van der Waals surface area (Å²) in [6.45, 7) is 3.48. The van der Waals surface area contributed by atoms with Gasteiger partial charge in [-0.15, -0.1) is 11.8 Å². The molecule has 0 amide bonds. The number of hydrogen-bond donors (Lipinski definition) is 4. The van der Waals surface area contributed by atoms with Crippen molar-refractivity contribution < 1.29 is 68.0 Å². The molecule has 2 saturated heterocycles. The number of carbonyl (C=O) groups excluding carboxylic acids is 4. The minimum absolute atomic E-state index is 0.427. The van der Waals surface area contributed by atoms with Gasteiger partial charge in [0.15, 0.2) is 18.3 Å². The molecule has 0 aliphatic carbocycles. The number of thioether (sulfide) groups is 1. The van der Waals surface area contributed by atoms with Crippen LogP contribution in [0.5, 0.6) is 0 Å². The average Bonchev–Trinajstić information content (AvgIpc) is 2.75. The average molecular weight is 527 g/mol. The number of ether oxygens (including phenoxy) is 6. The third-order valence-corrected chi connectivity index (χ3v) is 6.37. The van der Waals surface area contributed by atoms with Crippen LogP contribution in [0.15, 0.2) is 0 Å². The Balaban J connectivity index is 2.36. The highest BCUT2D eigenvalue weighted by atomic mass is 32.2. The summed E-state index contributed by atoms with van der Waals surface area (Å²) >= 11 is 0.750. The molecule has 35 heavy (non-hydrogen) atoms. The molecule has 2 aliphatic heterocycles. The third-order valence-electron chi connectivity index (χ3n) is 5.09. The molecule has 0 saturated carbocycles. The number of esters is 4. The maximum atomic E-state index is 11.8. The Bertz CT molecular complexity index is 792. The van der Waals surface area contributed by atoms with Crippen molar-refractivity contribution >= 4 is 35.6 Å². The van der Waals surface area contributed by atoms with E-state index in [0.29, 0.717) is 0 Å². The van der Waals surface area contributed by atoms with Crippen molar-refractivity contribution in [3.63, 3.8) is 0 Å². The van der Waals surface area contributed by atoms with Gasteiger partial charge in [-0.1, -0.05) is 0 Å². The molecule has 2 fully saturated rings. The van der Waals surface area contributed by atoms with Crippen molar-refractivity contribution in [3.05, 3.63) is 0 Å². The van der Waals surface area contributed by atoms with Gasteiger partial charge in [0, 0.05) is 27.7 Å². The number of rotatable bonds is 8. The third kappa shape index (κ3) is 7.73. The Morgan fingerprint density at radius 1 is 0.886 bits per heavy atom. The zero-order chi connectivity index (χ0) is 26.5. The molecule has 0 bridgehead atoms. The number of aliphatic hydroxyl groups excluding tert-OH is 3. The summed E-state index contributed by atoms with van der Waals surface area (Å²) < 4.78 is 31.9. The lowest BCUT2D eigenvalue weighted by Crippen LogP contribution is -2.64. The molecule has 4 N–H and O–H groups in total. The SMILES string of the molecule is CC(=O)OC[C@H]1O[C@@H](SCC2(O)OC[C@@H](O)[C@@H](O)[C@@H]2O)[C@H](OC(C)=O)[C@@H](OC(C)=O)[C@@H]1OC(C)=O. The maximum Gasteiger partial charge on any atom is 0.303 e. The highest BCUT2D eigenvalue weighted by molar-refractivity contribution is 7.99. The van der Waals surface area contributed by atoms with Gasteiger partial charge in [0.1, 0.15) is 36.5 Å². The zero-order valence-electron chi connectivity index (χ0n) is 19.5. The lowest BCUT2D eigenvalue weighted by atomic mass is 9.98. The van der Waals surface area contributed by atoms with Gasteiger partial charge in [-0.25, -0.2) is 0 Å². The normalized spacial score (nSPS) is 37.1. The molecule has 1 unspecified atom stereocenters. The van der Waals surface area contributed by atoms with Gasteiger partial charge in [0.25, 0.3) is 0 Å². The minimum Gasteiger partial charge on any atom is -0.463 e. The maximum absolute atomic E-state index is 11.8. The highest BCUT2D eigenvalue weighted by Crippen LogP contribution is 2.37. The van der Waals surface area contributed by atoms with Crippen LogP contribution in [0.25, 0.3) is 0 Å². The van der Waals surface area contributed by atoms with Crippen molar-refractivity contribution in [1.29, 1.82) is 0 Å². The summed E-state index contributed by atoms with van der Waals surface area (Å²) in [7, 11) is 0. The molecule has 0 aromatic rings. The first-order valence-electron chi connectivity index (χ1n) is 10.6. The second kappa shape index (κ2) is 12.3. The van der Waals surface area contributed by atoms with E-state index in [-0.39, 0.29) is 0 Å². The predicted octanol–water partition coefficient (Wildman–Crippen LogP) is -2.40. The summed E-state index contributed by atoms with van der Waals surface area (Å²) in [5.74, 6) is -5.85. The first-order chi connectivity index (χ1) is 16.2. The predicted molar refractivity (Wildman–Crippen MR) is 113 cm³/mol. The van der Waals surface area contributed by atoms with Crippen LogP contribution in [0, 0.1) is 0 Å². The molecule has 0 spiro atoms. The molecule has 0 aromatic heterocycles. The quantitative estimate of drug-likeness (QED) is 0.192. The lowest BCUT2D eigenvalue weighted by molar-refractivity contribution is -0.309. The number of aliphatic hydroxyl groups is 4. The van der Waals surface area contributed by atoms with E-state index in [9.17, 15) is 39.6 Å². The number of carbonyl (C=O) groups is 4. The minimum atomic E-state index is -2.33. The fourth-order valence-corrected chi connectivity index (χ4v) is 4.82. The molecular weight excluding hydrogens is 496 g/mol. The van der Waals surface area contributed by atoms with Crippen LogP contribution in [0.1, 0.15) is 27.7 Å². The molecule has 2 aliphatic rings. The highest BCUT2D eigenvalue weighted by Gasteiger charge is 2.54. The Morgan fingerprint density at radius 3 is 1.97 bits per heavy atom. The largest absolute Gasteiger partial charge is 0.463 e. The van der Waals surface area contributed by atoms with Crippen molar-refractivity contribution in [2.75, 3.05) is 19.0 Å². The zero-order valence-corrected chi connectivity index (χ0v) is 20.3. The Labute approximate surface area is 204 Å². The fourth-order valence-electron chi connectivity index (χ4n) is 3.54. The van der Waals surface area contributed by atoms with Crippen LogP contribution >= 0.6 is 11.8 Å². The summed E-state index contributed by atoms with van der Waals surface area (Å²) in [4.78, 5) is 46.8. The summed E-state index contributed by atoms with van der Waals surface area (Å²) in [5.41, 5.74) is -1.22. The summed E-state index contributed by atoms with van der Waals surface area (Å²) in [6.07, 6.45) is -10.3. The van der Waals surface area contributed by atoms with E-state index < -0.39 is 96.8 Å². The first kappa shape index (κ1) is 29.2. The van der Waals surface area contributed by atoms with Crippen LogP contribution in [-0.2, 0) is 47.6 Å². The van der Waals surface area contributed by atoms with Crippen LogP contribution in [0.2, 0.25) is 0 Å².